The first-order valence-corrected chi connectivity index (χ1v) is 10.4. The summed E-state index contributed by atoms with van der Waals surface area (Å²) in [5, 5.41) is 15.7. The van der Waals surface area contributed by atoms with Crippen molar-refractivity contribution in [1.29, 1.82) is 5.26 Å². The number of halogens is 1. The Kier molecular flexibility index (Phi) is 5.89. The van der Waals surface area contributed by atoms with Crippen LogP contribution in [-0.4, -0.2) is 5.91 Å². The van der Waals surface area contributed by atoms with Gasteiger partial charge >= 0.3 is 0 Å². The molecule has 0 aromatic heterocycles. The van der Waals surface area contributed by atoms with Gasteiger partial charge < -0.3 is 10.2 Å². The van der Waals surface area contributed by atoms with Gasteiger partial charge in [-0.3, -0.25) is 4.79 Å². The van der Waals surface area contributed by atoms with Crippen LogP contribution in [0.3, 0.4) is 0 Å². The molecule has 4 rings (SSSR count). The molecule has 3 aromatic rings. The quantitative estimate of drug-likeness (QED) is 0.392. The van der Waals surface area contributed by atoms with Gasteiger partial charge in [0, 0.05) is 21.8 Å². The normalized spacial score (nSPS) is 14.7. The van der Waals surface area contributed by atoms with Crippen molar-refractivity contribution in [2.45, 2.75) is 0 Å². The van der Waals surface area contributed by atoms with Gasteiger partial charge in [-0.1, -0.05) is 71.9 Å². The lowest BCUT2D eigenvalue weighted by atomic mass is 10.1. The number of thioether (sulfide) groups is 1. The second-order valence-electron chi connectivity index (χ2n) is 6.41. The van der Waals surface area contributed by atoms with E-state index >= 15 is 0 Å². The Morgan fingerprint density at radius 2 is 1.57 bits per heavy atom. The van der Waals surface area contributed by atoms with Crippen molar-refractivity contribution in [2.75, 3.05) is 10.2 Å². The van der Waals surface area contributed by atoms with E-state index in [1.54, 1.807) is 24.3 Å². The molecule has 0 bridgehead atoms. The van der Waals surface area contributed by atoms with Crippen LogP contribution in [0.1, 0.15) is 5.56 Å². The summed E-state index contributed by atoms with van der Waals surface area (Å²) < 4.78 is 0. The van der Waals surface area contributed by atoms with E-state index in [0.717, 1.165) is 16.9 Å². The van der Waals surface area contributed by atoms with Gasteiger partial charge in [0.2, 0.25) is 0 Å². The molecule has 0 radical (unpaired) electrons. The van der Waals surface area contributed by atoms with Gasteiger partial charge in [0.05, 0.1) is 5.70 Å². The van der Waals surface area contributed by atoms with Crippen molar-refractivity contribution in [3.63, 3.8) is 0 Å². The van der Waals surface area contributed by atoms with E-state index in [4.69, 9.17) is 11.6 Å². The summed E-state index contributed by atoms with van der Waals surface area (Å²) in [5.41, 5.74) is 3.40. The summed E-state index contributed by atoms with van der Waals surface area (Å²) in [7, 11) is 0. The van der Waals surface area contributed by atoms with Crippen molar-refractivity contribution in [3.05, 3.63) is 112 Å². The zero-order valence-electron chi connectivity index (χ0n) is 15.7. The lowest BCUT2D eigenvalue weighted by molar-refractivity contribution is -0.112. The van der Waals surface area contributed by atoms with E-state index < -0.39 is 5.91 Å². The van der Waals surface area contributed by atoms with Gasteiger partial charge in [-0.2, -0.15) is 5.26 Å². The predicted molar refractivity (Wildman–Crippen MR) is 124 cm³/mol. The number of amides is 1. The molecule has 6 heteroatoms. The fraction of sp³-hybridized carbons (Fsp3) is 0. The third-order valence-electron chi connectivity index (χ3n) is 4.46. The summed E-state index contributed by atoms with van der Waals surface area (Å²) >= 11 is 7.27. The van der Waals surface area contributed by atoms with E-state index in [1.165, 1.54) is 11.8 Å². The zero-order chi connectivity index (χ0) is 20.9. The highest BCUT2D eigenvalue weighted by molar-refractivity contribution is 8.06. The van der Waals surface area contributed by atoms with Crippen LogP contribution in [0.4, 0.5) is 11.4 Å². The standard InChI is InChI=1S/C24H16ClN3OS/c25-18-11-13-19(14-12-18)27-23(29)21(15-26)24-28(20-9-5-2-6-10-20)22(16-30-24)17-7-3-1-4-8-17/h1-14,16H,(H,27,29). The minimum Gasteiger partial charge on any atom is -0.321 e. The van der Waals surface area contributed by atoms with Gasteiger partial charge in [0.15, 0.2) is 0 Å². The molecule has 1 aliphatic rings. The van der Waals surface area contributed by atoms with Gasteiger partial charge in [0.1, 0.15) is 16.7 Å². The Morgan fingerprint density at radius 3 is 2.20 bits per heavy atom. The second kappa shape index (κ2) is 8.91. The first-order valence-electron chi connectivity index (χ1n) is 9.16. The average molecular weight is 430 g/mol. The summed E-state index contributed by atoms with van der Waals surface area (Å²) in [6.07, 6.45) is 0. The average Bonchev–Trinajstić information content (AvgIpc) is 3.22. The molecule has 0 aliphatic carbocycles. The SMILES string of the molecule is N#CC(C(=O)Nc1ccc(Cl)cc1)=C1SC=C(c2ccccc2)N1c1ccccc1. The minimum atomic E-state index is -0.467. The van der Waals surface area contributed by atoms with Crippen LogP contribution in [0.2, 0.25) is 5.02 Å². The maximum absolute atomic E-state index is 12.9. The third-order valence-corrected chi connectivity index (χ3v) is 5.67. The number of benzene rings is 3. The minimum absolute atomic E-state index is 0.0426. The van der Waals surface area contributed by atoms with E-state index in [1.807, 2.05) is 71.0 Å². The van der Waals surface area contributed by atoms with Crippen LogP contribution in [0.15, 0.2) is 101 Å². The van der Waals surface area contributed by atoms with Crippen molar-refractivity contribution >= 4 is 46.3 Å². The number of anilines is 2. The van der Waals surface area contributed by atoms with Gasteiger partial charge in [-0.15, -0.1) is 0 Å². The zero-order valence-corrected chi connectivity index (χ0v) is 17.3. The molecule has 0 saturated carbocycles. The highest BCUT2D eigenvalue weighted by Gasteiger charge is 2.29. The predicted octanol–water partition coefficient (Wildman–Crippen LogP) is 6.27. The molecule has 1 heterocycles. The molecule has 30 heavy (non-hydrogen) atoms. The number of hydrogen-bond acceptors (Lipinski definition) is 4. The van der Waals surface area contributed by atoms with Crippen LogP contribution >= 0.6 is 23.4 Å². The molecule has 146 valence electrons. The number of carbonyl (C=O) groups excluding carboxylic acids is 1. The monoisotopic (exact) mass is 429 g/mol. The van der Waals surface area contributed by atoms with Crippen LogP contribution in [-0.2, 0) is 4.79 Å². The summed E-state index contributed by atoms with van der Waals surface area (Å²) in [6.45, 7) is 0. The van der Waals surface area contributed by atoms with Crippen LogP contribution in [0.25, 0.3) is 5.70 Å². The van der Waals surface area contributed by atoms with Gasteiger partial charge in [-0.25, -0.2) is 0 Å². The molecule has 0 spiro atoms. The fourth-order valence-electron chi connectivity index (χ4n) is 3.06. The second-order valence-corrected chi connectivity index (χ2v) is 7.71. The summed E-state index contributed by atoms with van der Waals surface area (Å²) in [4.78, 5) is 14.9. The molecular weight excluding hydrogens is 414 g/mol. The highest BCUT2D eigenvalue weighted by atomic mass is 35.5. The Hall–Kier alpha value is -3.46. The smallest absolute Gasteiger partial charge is 0.269 e. The maximum atomic E-state index is 12.9. The summed E-state index contributed by atoms with van der Waals surface area (Å²) in [6, 6.07) is 28.4. The molecule has 3 aromatic carbocycles. The van der Waals surface area contributed by atoms with Crippen LogP contribution in [0.5, 0.6) is 0 Å². The number of rotatable bonds is 4. The van der Waals surface area contributed by atoms with E-state index in [0.29, 0.717) is 15.7 Å². The first kappa shape index (κ1) is 19.8. The topological polar surface area (TPSA) is 56.1 Å². The fourth-order valence-corrected chi connectivity index (χ4v) is 4.22. The van der Waals surface area contributed by atoms with Gasteiger partial charge in [0.25, 0.3) is 5.91 Å². The Labute approximate surface area is 184 Å². The van der Waals surface area contributed by atoms with Crippen molar-refractivity contribution < 1.29 is 4.79 Å². The molecule has 0 saturated heterocycles. The van der Waals surface area contributed by atoms with Crippen molar-refractivity contribution in [2.24, 2.45) is 0 Å². The lowest BCUT2D eigenvalue weighted by Gasteiger charge is -2.24. The Morgan fingerprint density at radius 1 is 0.933 bits per heavy atom. The third kappa shape index (κ3) is 4.11. The number of nitriles is 1. The Balaban J connectivity index is 1.74. The number of nitrogens with one attached hydrogen (secondary N) is 1. The summed E-state index contributed by atoms with van der Waals surface area (Å²) in [5.74, 6) is -0.467. The van der Waals surface area contributed by atoms with Gasteiger partial charge in [-0.05, 0) is 42.0 Å². The molecule has 1 aliphatic heterocycles. The van der Waals surface area contributed by atoms with E-state index in [2.05, 4.69) is 11.4 Å². The van der Waals surface area contributed by atoms with Crippen molar-refractivity contribution in [1.82, 2.24) is 0 Å². The number of nitrogens with zero attached hydrogens (tertiary/aromatic N) is 2. The largest absolute Gasteiger partial charge is 0.321 e. The molecule has 4 nitrogen and oxygen atoms in total. The molecule has 1 N–H and O–H groups in total. The van der Waals surface area contributed by atoms with Crippen molar-refractivity contribution in [3.8, 4) is 6.07 Å². The molecule has 0 fully saturated rings. The number of para-hydroxylation sites is 1. The number of carbonyl (C=O) groups is 1. The molecule has 0 unspecified atom stereocenters. The molecular formula is C24H16ClN3OS. The molecule has 0 atom stereocenters. The molecule has 1 amide bonds. The Bertz CT molecular complexity index is 1170. The maximum Gasteiger partial charge on any atom is 0.269 e. The van der Waals surface area contributed by atoms with Crippen LogP contribution < -0.4 is 10.2 Å². The number of hydrogen-bond donors (Lipinski definition) is 1. The van der Waals surface area contributed by atoms with Crippen LogP contribution in [0, 0.1) is 11.3 Å². The first-order chi connectivity index (χ1) is 14.7. The van der Waals surface area contributed by atoms with E-state index in [-0.39, 0.29) is 5.57 Å². The highest BCUT2D eigenvalue weighted by Crippen LogP contribution is 2.44. The lowest BCUT2D eigenvalue weighted by Crippen LogP contribution is -2.22. The van der Waals surface area contributed by atoms with E-state index in [9.17, 15) is 10.1 Å².